The van der Waals surface area contributed by atoms with E-state index in [1.807, 2.05) is 24.3 Å². The maximum atomic E-state index is 13.8. The molecule has 0 atom stereocenters. The number of nitrogens with two attached hydrogens (primary N) is 1. The lowest BCUT2D eigenvalue weighted by atomic mass is 10.0. The van der Waals surface area contributed by atoms with E-state index >= 15 is 0 Å². The van der Waals surface area contributed by atoms with Gasteiger partial charge in [-0.15, -0.1) is 12.4 Å². The molecule has 0 amide bonds. The van der Waals surface area contributed by atoms with Gasteiger partial charge in [-0.3, -0.25) is 5.10 Å². The lowest BCUT2D eigenvalue weighted by molar-refractivity contribution is 0.153. The molecule has 4 rings (SSSR count). The number of aromatic nitrogens is 3. The summed E-state index contributed by atoms with van der Waals surface area (Å²) in [6.45, 7) is 0. The number of H-pyrrole nitrogens is 1. The van der Waals surface area contributed by atoms with Crippen LogP contribution < -0.4 is 5.73 Å². The van der Waals surface area contributed by atoms with Crippen LogP contribution in [0.25, 0.3) is 33.5 Å². The Balaban J connectivity index is 0.00000225. The molecule has 0 spiro atoms. The van der Waals surface area contributed by atoms with Crippen LogP contribution in [0.2, 0.25) is 0 Å². The van der Waals surface area contributed by atoms with E-state index < -0.39 is 6.43 Å². The monoisotopic (exact) mass is 397 g/mol. The molecule has 0 saturated carbocycles. The van der Waals surface area contributed by atoms with E-state index in [2.05, 4.69) is 15.2 Å². The Bertz CT molecular complexity index is 1180. The third-order valence-electron chi connectivity index (χ3n) is 4.31. The summed E-state index contributed by atoms with van der Waals surface area (Å²) in [4.78, 5) is 4.44. The number of aromatic amines is 1. The molecular formula is C20H14ClF2N5. The zero-order chi connectivity index (χ0) is 19.0. The Morgan fingerprint density at radius 2 is 1.79 bits per heavy atom. The molecule has 2 aromatic heterocycles. The number of anilines is 1. The molecule has 2 aromatic carbocycles. The van der Waals surface area contributed by atoms with Crippen molar-refractivity contribution in [2.45, 2.75) is 6.43 Å². The fourth-order valence-corrected chi connectivity index (χ4v) is 3.00. The summed E-state index contributed by atoms with van der Waals surface area (Å²) in [5, 5.41) is 16.4. The summed E-state index contributed by atoms with van der Waals surface area (Å²) < 4.78 is 27.7. The number of alkyl halides is 2. The number of nitrogens with zero attached hydrogens (tertiary/aromatic N) is 3. The van der Waals surface area contributed by atoms with Crippen molar-refractivity contribution in [1.29, 1.82) is 5.26 Å². The number of nitrogens with one attached hydrogen (secondary N) is 1. The molecule has 140 valence electrons. The third-order valence-corrected chi connectivity index (χ3v) is 4.31. The molecule has 28 heavy (non-hydrogen) atoms. The Morgan fingerprint density at radius 1 is 1.04 bits per heavy atom. The van der Waals surface area contributed by atoms with Crippen LogP contribution in [-0.4, -0.2) is 15.2 Å². The van der Waals surface area contributed by atoms with E-state index in [1.165, 1.54) is 12.1 Å². The SMILES string of the molecule is Cl.N#Cc1cc(-c2cc(C(F)F)c3c(-c4ccccc4)n[nH]c3n2)ccc1N. The standard InChI is InChI=1S/C20H13F2N5.ClH/c21-19(22)14-9-16(12-6-7-15(24)13(8-12)10-23)25-20-17(14)18(26-27-20)11-4-2-1-3-5-11;/h1-9,19H,24H2,(H,25,26,27);1H. The van der Waals surface area contributed by atoms with Gasteiger partial charge in [0.05, 0.1) is 16.6 Å². The highest BCUT2D eigenvalue weighted by Crippen LogP contribution is 2.36. The summed E-state index contributed by atoms with van der Waals surface area (Å²) >= 11 is 0. The summed E-state index contributed by atoms with van der Waals surface area (Å²) in [5.41, 5.74) is 8.41. The van der Waals surface area contributed by atoms with Gasteiger partial charge in [-0.05, 0) is 18.2 Å². The fourth-order valence-electron chi connectivity index (χ4n) is 3.00. The Morgan fingerprint density at radius 3 is 2.46 bits per heavy atom. The van der Waals surface area contributed by atoms with Crippen LogP contribution in [0.15, 0.2) is 54.6 Å². The van der Waals surface area contributed by atoms with Gasteiger partial charge in [0.15, 0.2) is 5.65 Å². The molecular weight excluding hydrogens is 384 g/mol. The predicted molar refractivity (Wildman–Crippen MR) is 106 cm³/mol. The van der Waals surface area contributed by atoms with Crippen LogP contribution >= 0.6 is 12.4 Å². The van der Waals surface area contributed by atoms with Crippen molar-refractivity contribution in [3.63, 3.8) is 0 Å². The first-order valence-electron chi connectivity index (χ1n) is 8.11. The number of nitriles is 1. The van der Waals surface area contributed by atoms with E-state index in [4.69, 9.17) is 11.0 Å². The van der Waals surface area contributed by atoms with Gasteiger partial charge in [-0.25, -0.2) is 13.8 Å². The van der Waals surface area contributed by atoms with Crippen LogP contribution in [-0.2, 0) is 0 Å². The molecule has 2 heterocycles. The van der Waals surface area contributed by atoms with Crippen LogP contribution in [0.1, 0.15) is 17.6 Å². The number of hydrogen-bond acceptors (Lipinski definition) is 4. The Hall–Kier alpha value is -3.50. The van der Waals surface area contributed by atoms with Crippen molar-refractivity contribution >= 4 is 29.1 Å². The van der Waals surface area contributed by atoms with Crippen LogP contribution in [0.4, 0.5) is 14.5 Å². The quantitative estimate of drug-likeness (QED) is 0.470. The molecule has 5 nitrogen and oxygen atoms in total. The van der Waals surface area contributed by atoms with E-state index in [0.717, 1.165) is 5.56 Å². The minimum atomic E-state index is -2.71. The molecule has 0 radical (unpaired) electrons. The first kappa shape index (κ1) is 19.3. The highest BCUT2D eigenvalue weighted by Gasteiger charge is 2.21. The molecule has 0 aliphatic carbocycles. The minimum Gasteiger partial charge on any atom is -0.398 e. The van der Waals surface area contributed by atoms with Crippen molar-refractivity contribution in [3.05, 3.63) is 65.7 Å². The number of pyridine rings is 1. The second kappa shape index (κ2) is 7.62. The van der Waals surface area contributed by atoms with Gasteiger partial charge < -0.3 is 5.73 Å². The Labute approximate surface area is 165 Å². The van der Waals surface area contributed by atoms with Crippen LogP contribution in [0.5, 0.6) is 0 Å². The van der Waals surface area contributed by atoms with E-state index in [-0.39, 0.29) is 34.6 Å². The average molecular weight is 398 g/mol. The highest BCUT2D eigenvalue weighted by atomic mass is 35.5. The Kier molecular flexibility index (Phi) is 5.25. The van der Waals surface area contributed by atoms with Gasteiger partial charge in [-0.1, -0.05) is 36.4 Å². The second-order valence-electron chi connectivity index (χ2n) is 5.97. The van der Waals surface area contributed by atoms with Gasteiger partial charge >= 0.3 is 0 Å². The average Bonchev–Trinajstić information content (AvgIpc) is 3.12. The molecule has 3 N–H and O–H groups in total. The van der Waals surface area contributed by atoms with E-state index in [1.54, 1.807) is 24.3 Å². The molecule has 0 bridgehead atoms. The summed E-state index contributed by atoms with van der Waals surface area (Å²) in [6.07, 6.45) is -2.71. The van der Waals surface area contributed by atoms with Crippen molar-refractivity contribution < 1.29 is 8.78 Å². The topological polar surface area (TPSA) is 91.4 Å². The van der Waals surface area contributed by atoms with Crippen molar-refractivity contribution in [2.24, 2.45) is 0 Å². The molecule has 4 aromatic rings. The number of halogens is 3. The molecule has 0 unspecified atom stereocenters. The maximum absolute atomic E-state index is 13.8. The van der Waals surface area contributed by atoms with Gasteiger partial charge in [0, 0.05) is 22.4 Å². The van der Waals surface area contributed by atoms with Crippen molar-refractivity contribution in [3.8, 4) is 28.6 Å². The van der Waals surface area contributed by atoms with Crippen molar-refractivity contribution in [1.82, 2.24) is 15.2 Å². The fraction of sp³-hybridized carbons (Fsp3) is 0.0500. The molecule has 0 saturated heterocycles. The van der Waals surface area contributed by atoms with E-state index in [9.17, 15) is 8.78 Å². The van der Waals surface area contributed by atoms with Crippen LogP contribution in [0.3, 0.4) is 0 Å². The molecule has 0 aliphatic rings. The summed E-state index contributed by atoms with van der Waals surface area (Å²) in [6, 6.07) is 17.1. The van der Waals surface area contributed by atoms with Gasteiger partial charge in [-0.2, -0.15) is 10.4 Å². The van der Waals surface area contributed by atoms with Gasteiger partial charge in [0.2, 0.25) is 0 Å². The largest absolute Gasteiger partial charge is 0.398 e. The number of rotatable bonds is 3. The minimum absolute atomic E-state index is 0. The zero-order valence-corrected chi connectivity index (χ0v) is 15.2. The lowest BCUT2D eigenvalue weighted by Crippen LogP contribution is -1.95. The first-order chi connectivity index (χ1) is 13.1. The number of benzene rings is 2. The summed E-state index contributed by atoms with van der Waals surface area (Å²) in [5.74, 6) is 0. The number of hydrogen-bond donors (Lipinski definition) is 2. The zero-order valence-electron chi connectivity index (χ0n) is 14.4. The molecule has 0 fully saturated rings. The van der Waals surface area contributed by atoms with Gasteiger partial charge in [0.25, 0.3) is 6.43 Å². The number of nitrogen functional groups attached to an aromatic ring is 1. The second-order valence-corrected chi connectivity index (χ2v) is 5.97. The van der Waals surface area contributed by atoms with Crippen LogP contribution in [0, 0.1) is 11.3 Å². The van der Waals surface area contributed by atoms with Crippen molar-refractivity contribution in [2.75, 3.05) is 5.73 Å². The molecule has 8 heteroatoms. The molecule has 0 aliphatic heterocycles. The smallest absolute Gasteiger partial charge is 0.264 e. The normalized spacial score (nSPS) is 10.6. The maximum Gasteiger partial charge on any atom is 0.264 e. The highest BCUT2D eigenvalue weighted by molar-refractivity contribution is 5.95. The van der Waals surface area contributed by atoms with E-state index in [0.29, 0.717) is 22.6 Å². The van der Waals surface area contributed by atoms with Gasteiger partial charge in [0.1, 0.15) is 11.8 Å². The predicted octanol–water partition coefficient (Wildman–Crippen LogP) is 5.11. The third kappa shape index (κ3) is 3.26. The number of fused-ring (bicyclic) bond motifs is 1. The lowest BCUT2D eigenvalue weighted by Gasteiger charge is -2.09. The first-order valence-corrected chi connectivity index (χ1v) is 8.11. The summed E-state index contributed by atoms with van der Waals surface area (Å²) in [7, 11) is 0.